The van der Waals surface area contributed by atoms with Gasteiger partial charge in [0, 0.05) is 5.69 Å². The van der Waals surface area contributed by atoms with E-state index in [2.05, 4.69) is 0 Å². The summed E-state index contributed by atoms with van der Waals surface area (Å²) in [5, 5.41) is 0.359. The first-order valence-electron chi connectivity index (χ1n) is 2.51. The molecule has 1 aromatic carbocycles. The lowest BCUT2D eigenvalue weighted by Crippen LogP contribution is -1.90. The topological polar surface area (TPSA) is 26.0 Å². The van der Waals surface area contributed by atoms with Crippen molar-refractivity contribution < 1.29 is 4.39 Å². The van der Waals surface area contributed by atoms with Gasteiger partial charge in [-0.2, -0.15) is 0 Å². The maximum Gasteiger partial charge on any atom is 0.126 e. The summed E-state index contributed by atoms with van der Waals surface area (Å²) in [4.78, 5) is 0. The predicted octanol–water partition coefficient (Wildman–Crippen LogP) is 2.67. The highest BCUT2D eigenvalue weighted by molar-refractivity contribution is 14.1. The van der Waals surface area contributed by atoms with Crippen molar-refractivity contribution in [1.29, 1.82) is 0 Å². The molecule has 0 aliphatic heterocycles. The third-order valence-corrected chi connectivity index (χ3v) is 2.84. The Hall–Kier alpha value is -0.0300. The van der Waals surface area contributed by atoms with Crippen molar-refractivity contribution in [2.24, 2.45) is 0 Å². The van der Waals surface area contributed by atoms with Gasteiger partial charge in [0.05, 0.1) is 8.59 Å². The van der Waals surface area contributed by atoms with Gasteiger partial charge in [0.2, 0.25) is 0 Å². The molecular weight excluding hydrogens is 267 g/mol. The Balaban J connectivity index is 3.31. The second-order valence-corrected chi connectivity index (χ2v) is 3.28. The lowest BCUT2D eigenvalue weighted by atomic mass is 10.3. The van der Waals surface area contributed by atoms with Crippen LogP contribution in [-0.4, -0.2) is 0 Å². The van der Waals surface area contributed by atoms with Crippen molar-refractivity contribution in [2.75, 3.05) is 5.73 Å². The Bertz CT molecular complexity index is 241. The van der Waals surface area contributed by atoms with E-state index in [4.69, 9.17) is 17.3 Å². The molecule has 0 aromatic heterocycles. The summed E-state index contributed by atoms with van der Waals surface area (Å²) < 4.78 is 13.1. The van der Waals surface area contributed by atoms with Gasteiger partial charge in [0.1, 0.15) is 5.82 Å². The number of nitrogens with two attached hydrogens (primary N) is 1. The lowest BCUT2D eigenvalue weighted by molar-refractivity contribution is 0.628. The molecule has 0 heterocycles. The number of benzene rings is 1. The Morgan fingerprint density at radius 2 is 2.10 bits per heavy atom. The molecular formula is C6H4ClFIN. The minimum Gasteiger partial charge on any atom is -0.398 e. The van der Waals surface area contributed by atoms with E-state index in [9.17, 15) is 4.39 Å². The standard InChI is InChI=1S/C6H4ClFIN/c7-4-1-3(8)2-5(10)6(4)9/h1-2H,10H2. The van der Waals surface area contributed by atoms with Gasteiger partial charge in [-0.1, -0.05) is 11.6 Å². The maximum absolute atomic E-state index is 12.4. The third-order valence-electron chi connectivity index (χ3n) is 1.02. The van der Waals surface area contributed by atoms with Gasteiger partial charge in [-0.3, -0.25) is 0 Å². The van der Waals surface area contributed by atoms with E-state index >= 15 is 0 Å². The highest BCUT2D eigenvalue weighted by Crippen LogP contribution is 2.24. The molecule has 0 fully saturated rings. The third kappa shape index (κ3) is 1.52. The number of halogens is 3. The van der Waals surface area contributed by atoms with Crippen LogP contribution in [0.4, 0.5) is 10.1 Å². The molecule has 1 rings (SSSR count). The van der Waals surface area contributed by atoms with Crippen LogP contribution in [0.3, 0.4) is 0 Å². The number of hydrogen-bond acceptors (Lipinski definition) is 1. The number of anilines is 1. The fourth-order valence-electron chi connectivity index (χ4n) is 0.576. The minimum absolute atomic E-state index is 0.359. The van der Waals surface area contributed by atoms with Crippen molar-refractivity contribution in [1.82, 2.24) is 0 Å². The van der Waals surface area contributed by atoms with Gasteiger partial charge in [-0.05, 0) is 34.7 Å². The van der Waals surface area contributed by atoms with E-state index < -0.39 is 5.82 Å². The van der Waals surface area contributed by atoms with Gasteiger partial charge in [-0.25, -0.2) is 4.39 Å². The van der Waals surface area contributed by atoms with Gasteiger partial charge in [0.25, 0.3) is 0 Å². The molecule has 0 unspecified atom stereocenters. The average Bonchev–Trinajstić information content (AvgIpc) is 1.82. The van der Waals surface area contributed by atoms with E-state index in [1.807, 2.05) is 22.6 Å². The Morgan fingerprint density at radius 1 is 1.50 bits per heavy atom. The highest BCUT2D eigenvalue weighted by Gasteiger charge is 2.02. The molecule has 0 atom stereocenters. The van der Waals surface area contributed by atoms with Gasteiger partial charge in [-0.15, -0.1) is 0 Å². The SMILES string of the molecule is Nc1cc(F)cc(Cl)c1I. The maximum atomic E-state index is 12.4. The molecule has 0 saturated carbocycles. The Kier molecular flexibility index (Phi) is 2.36. The van der Waals surface area contributed by atoms with Gasteiger partial charge >= 0.3 is 0 Å². The second kappa shape index (κ2) is 2.92. The lowest BCUT2D eigenvalue weighted by Gasteiger charge is -1.99. The Morgan fingerprint density at radius 3 is 2.60 bits per heavy atom. The van der Waals surface area contributed by atoms with Crippen LogP contribution in [0.25, 0.3) is 0 Å². The van der Waals surface area contributed by atoms with E-state index in [0.717, 1.165) is 0 Å². The van der Waals surface area contributed by atoms with Crippen molar-refractivity contribution in [3.05, 3.63) is 26.5 Å². The summed E-state index contributed by atoms with van der Waals surface area (Å²) in [5.41, 5.74) is 5.77. The molecule has 1 nitrogen and oxygen atoms in total. The fraction of sp³-hybridized carbons (Fsp3) is 0. The number of rotatable bonds is 0. The van der Waals surface area contributed by atoms with Crippen LogP contribution in [0.15, 0.2) is 12.1 Å². The fourth-order valence-corrected chi connectivity index (χ4v) is 1.10. The van der Waals surface area contributed by atoms with Crippen LogP contribution >= 0.6 is 34.2 Å². The summed E-state index contributed by atoms with van der Waals surface area (Å²) in [5.74, 6) is -0.400. The molecule has 0 amide bonds. The van der Waals surface area contributed by atoms with Crippen molar-refractivity contribution in [2.45, 2.75) is 0 Å². The molecule has 2 N–H and O–H groups in total. The molecule has 0 radical (unpaired) electrons. The van der Waals surface area contributed by atoms with Crippen LogP contribution in [0.5, 0.6) is 0 Å². The first-order valence-corrected chi connectivity index (χ1v) is 3.97. The first-order chi connectivity index (χ1) is 4.61. The largest absolute Gasteiger partial charge is 0.398 e. The van der Waals surface area contributed by atoms with Crippen molar-refractivity contribution in [3.63, 3.8) is 0 Å². The monoisotopic (exact) mass is 271 g/mol. The van der Waals surface area contributed by atoms with E-state index in [-0.39, 0.29) is 0 Å². The van der Waals surface area contributed by atoms with E-state index in [1.54, 1.807) is 0 Å². The van der Waals surface area contributed by atoms with Crippen LogP contribution in [0.1, 0.15) is 0 Å². The Labute approximate surface area is 76.5 Å². The molecule has 54 valence electrons. The molecule has 0 aliphatic carbocycles. The summed E-state index contributed by atoms with van der Waals surface area (Å²) in [6.07, 6.45) is 0. The minimum atomic E-state index is -0.400. The predicted molar refractivity (Wildman–Crippen MR) is 48.5 cm³/mol. The van der Waals surface area contributed by atoms with Crippen molar-refractivity contribution in [3.8, 4) is 0 Å². The van der Waals surface area contributed by atoms with Gasteiger partial charge in [0.15, 0.2) is 0 Å². The van der Waals surface area contributed by atoms with Gasteiger partial charge < -0.3 is 5.73 Å². The van der Waals surface area contributed by atoms with Crippen LogP contribution in [0.2, 0.25) is 5.02 Å². The summed E-state index contributed by atoms with van der Waals surface area (Å²) in [6, 6.07) is 2.48. The smallest absolute Gasteiger partial charge is 0.126 e. The quantitative estimate of drug-likeness (QED) is 0.438. The molecule has 0 aliphatic rings. The average molecular weight is 271 g/mol. The number of nitrogen functional groups attached to an aromatic ring is 1. The summed E-state index contributed by atoms with van der Waals surface area (Å²) in [6.45, 7) is 0. The highest BCUT2D eigenvalue weighted by atomic mass is 127. The summed E-state index contributed by atoms with van der Waals surface area (Å²) >= 11 is 7.55. The zero-order valence-electron chi connectivity index (χ0n) is 4.87. The van der Waals surface area contributed by atoms with E-state index in [0.29, 0.717) is 14.3 Å². The molecule has 4 heteroatoms. The van der Waals surface area contributed by atoms with Crippen LogP contribution in [0, 0.1) is 9.39 Å². The van der Waals surface area contributed by atoms with Crippen molar-refractivity contribution >= 4 is 39.9 Å². The first kappa shape index (κ1) is 8.07. The molecule has 0 bridgehead atoms. The summed E-state index contributed by atoms with van der Waals surface area (Å²) in [7, 11) is 0. The number of hydrogen-bond donors (Lipinski definition) is 1. The normalized spacial score (nSPS) is 9.90. The zero-order valence-corrected chi connectivity index (χ0v) is 7.78. The molecule has 0 saturated heterocycles. The zero-order chi connectivity index (χ0) is 7.72. The molecule has 1 aromatic rings. The second-order valence-electron chi connectivity index (χ2n) is 1.79. The van der Waals surface area contributed by atoms with Crippen LogP contribution < -0.4 is 5.73 Å². The van der Waals surface area contributed by atoms with Crippen LogP contribution in [-0.2, 0) is 0 Å². The van der Waals surface area contributed by atoms with E-state index in [1.165, 1.54) is 12.1 Å². The molecule has 10 heavy (non-hydrogen) atoms. The molecule has 0 spiro atoms.